The second-order valence-corrected chi connectivity index (χ2v) is 8.22. The van der Waals surface area contributed by atoms with Crippen molar-refractivity contribution in [1.82, 2.24) is 5.32 Å². The molecule has 0 saturated heterocycles. The molecule has 1 unspecified atom stereocenters. The number of amides is 1. The first kappa shape index (κ1) is 23.4. The van der Waals surface area contributed by atoms with Crippen LogP contribution in [0.2, 0.25) is 0 Å². The van der Waals surface area contributed by atoms with E-state index in [1.165, 1.54) is 25.7 Å². The van der Waals surface area contributed by atoms with E-state index in [0.717, 1.165) is 44.9 Å². The highest BCUT2D eigenvalue weighted by Crippen LogP contribution is 2.13. The van der Waals surface area contributed by atoms with Crippen molar-refractivity contribution in [3.05, 3.63) is 0 Å². The lowest BCUT2D eigenvalue weighted by Crippen LogP contribution is -2.40. The van der Waals surface area contributed by atoms with Crippen molar-refractivity contribution < 1.29 is 17.8 Å². The number of carbonyl (C=O) groups is 1. The molecule has 1 amide bonds. The lowest BCUT2D eigenvalue weighted by Gasteiger charge is -2.14. The van der Waals surface area contributed by atoms with E-state index in [4.69, 9.17) is 0 Å². The molecule has 0 radical (unpaired) electrons. The van der Waals surface area contributed by atoms with Gasteiger partial charge in [-0.3, -0.25) is 9.35 Å². The van der Waals surface area contributed by atoms with Gasteiger partial charge < -0.3 is 5.32 Å². The summed E-state index contributed by atoms with van der Waals surface area (Å²) in [5.41, 5.74) is 0. The summed E-state index contributed by atoms with van der Waals surface area (Å²) in [5, 5.41) is 1.35. The van der Waals surface area contributed by atoms with E-state index in [0.29, 0.717) is 13.0 Å². The van der Waals surface area contributed by atoms with Gasteiger partial charge in [-0.2, -0.15) is 8.42 Å². The van der Waals surface area contributed by atoms with E-state index in [1.807, 2.05) is 0 Å². The van der Waals surface area contributed by atoms with Gasteiger partial charge in [-0.25, -0.2) is 0 Å². The molecule has 0 saturated carbocycles. The Labute approximate surface area is 148 Å². The van der Waals surface area contributed by atoms with E-state index >= 15 is 0 Å². The molecule has 6 heteroatoms. The Bertz CT molecular complexity index is 409. The summed E-state index contributed by atoms with van der Waals surface area (Å²) in [7, 11) is -4.33. The molecule has 144 valence electrons. The maximum Gasteiger partial charge on any atom is 0.276 e. The minimum Gasteiger partial charge on any atom is -0.355 e. The third-order valence-corrected chi connectivity index (χ3v) is 5.47. The summed E-state index contributed by atoms with van der Waals surface area (Å²) in [5.74, 6) is -0.556. The average Bonchev–Trinajstić information content (AvgIpc) is 2.52. The summed E-state index contributed by atoms with van der Waals surface area (Å²) >= 11 is 0. The van der Waals surface area contributed by atoms with Crippen LogP contribution in [0.15, 0.2) is 0 Å². The normalized spacial score (nSPS) is 13.0. The Morgan fingerprint density at radius 1 is 0.833 bits per heavy atom. The highest BCUT2D eigenvalue weighted by Gasteiger charge is 2.29. The zero-order valence-corrected chi connectivity index (χ0v) is 16.4. The molecular formula is C18H37NO4S. The highest BCUT2D eigenvalue weighted by molar-refractivity contribution is 7.87. The number of carbonyl (C=O) groups excluding carboxylic acids is 1. The molecule has 0 aromatic carbocycles. The lowest BCUT2D eigenvalue weighted by molar-refractivity contribution is -0.120. The van der Waals surface area contributed by atoms with Crippen LogP contribution in [0.25, 0.3) is 0 Å². The van der Waals surface area contributed by atoms with E-state index in [9.17, 15) is 17.8 Å². The fourth-order valence-electron chi connectivity index (χ4n) is 2.76. The quantitative estimate of drug-likeness (QED) is 0.313. The molecule has 5 nitrogen and oxygen atoms in total. The van der Waals surface area contributed by atoms with Gasteiger partial charge >= 0.3 is 0 Å². The minimum absolute atomic E-state index is 0.202. The Morgan fingerprint density at radius 2 is 1.29 bits per heavy atom. The smallest absolute Gasteiger partial charge is 0.276 e. The standard InChI is InChI=1S/C18H37NO4S/c1-3-5-7-9-11-13-15-17(24(21,22)23)18(20)19-16-14-12-10-8-6-4-2/h17H,3-16H2,1-2H3,(H,19,20)(H,21,22,23). The van der Waals surface area contributed by atoms with Crippen LogP contribution in [0.5, 0.6) is 0 Å². The first-order chi connectivity index (χ1) is 11.4. The van der Waals surface area contributed by atoms with Crippen molar-refractivity contribution in [1.29, 1.82) is 0 Å². The second kappa shape index (κ2) is 14.7. The molecule has 1 atom stereocenters. The summed E-state index contributed by atoms with van der Waals surface area (Å²) in [4.78, 5) is 12.0. The minimum atomic E-state index is -4.33. The van der Waals surface area contributed by atoms with E-state index in [1.54, 1.807) is 0 Å². The van der Waals surface area contributed by atoms with Gasteiger partial charge in [0.2, 0.25) is 5.91 Å². The Balaban J connectivity index is 4.01. The van der Waals surface area contributed by atoms with E-state index < -0.39 is 21.3 Å². The Hall–Kier alpha value is -0.620. The molecule has 0 aliphatic heterocycles. The van der Waals surface area contributed by atoms with Gasteiger partial charge in [0, 0.05) is 6.54 Å². The van der Waals surface area contributed by atoms with Gasteiger partial charge in [0.1, 0.15) is 0 Å². The molecule has 0 aromatic rings. The van der Waals surface area contributed by atoms with Gasteiger partial charge in [0.25, 0.3) is 10.1 Å². The van der Waals surface area contributed by atoms with Crippen molar-refractivity contribution in [2.75, 3.05) is 6.54 Å². The van der Waals surface area contributed by atoms with Crippen molar-refractivity contribution in [2.45, 2.75) is 103 Å². The van der Waals surface area contributed by atoms with Crippen LogP contribution < -0.4 is 5.32 Å². The molecule has 0 aromatic heterocycles. The maximum atomic E-state index is 12.0. The predicted octanol–water partition coefficient (Wildman–Crippen LogP) is 4.47. The largest absolute Gasteiger partial charge is 0.355 e. The third kappa shape index (κ3) is 12.8. The van der Waals surface area contributed by atoms with E-state index in [-0.39, 0.29) is 6.42 Å². The first-order valence-electron chi connectivity index (χ1n) is 9.67. The van der Waals surface area contributed by atoms with Crippen LogP contribution in [0.4, 0.5) is 0 Å². The zero-order valence-electron chi connectivity index (χ0n) is 15.6. The molecule has 0 fully saturated rings. The van der Waals surface area contributed by atoms with Gasteiger partial charge in [0.15, 0.2) is 5.25 Å². The highest BCUT2D eigenvalue weighted by atomic mass is 32.2. The van der Waals surface area contributed by atoms with Crippen molar-refractivity contribution in [2.24, 2.45) is 0 Å². The van der Waals surface area contributed by atoms with Crippen LogP contribution >= 0.6 is 0 Å². The fraction of sp³-hybridized carbons (Fsp3) is 0.944. The van der Waals surface area contributed by atoms with Crippen molar-refractivity contribution in [3.8, 4) is 0 Å². The summed E-state index contributed by atoms with van der Waals surface area (Å²) in [6.07, 6.45) is 12.9. The summed E-state index contributed by atoms with van der Waals surface area (Å²) in [6.45, 7) is 4.79. The average molecular weight is 364 g/mol. The fourth-order valence-corrected chi connectivity index (χ4v) is 3.57. The van der Waals surface area contributed by atoms with Crippen LogP contribution in [-0.4, -0.2) is 30.7 Å². The molecule has 0 bridgehead atoms. The third-order valence-electron chi connectivity index (χ3n) is 4.30. The Kier molecular flexibility index (Phi) is 14.3. The van der Waals surface area contributed by atoms with Crippen LogP contribution in [0, 0.1) is 0 Å². The molecule has 2 N–H and O–H groups in total. The van der Waals surface area contributed by atoms with Gasteiger partial charge in [-0.15, -0.1) is 0 Å². The number of rotatable bonds is 16. The maximum absolute atomic E-state index is 12.0. The molecule has 0 rings (SSSR count). The monoisotopic (exact) mass is 363 g/mol. The topological polar surface area (TPSA) is 83.5 Å². The summed E-state index contributed by atoms with van der Waals surface area (Å²) in [6, 6.07) is 0. The molecule has 0 spiro atoms. The van der Waals surface area contributed by atoms with Crippen LogP contribution in [0.3, 0.4) is 0 Å². The lowest BCUT2D eigenvalue weighted by atomic mass is 10.1. The van der Waals surface area contributed by atoms with Crippen LogP contribution in [0.1, 0.15) is 97.3 Å². The number of hydrogen-bond donors (Lipinski definition) is 2. The van der Waals surface area contributed by atoms with Crippen molar-refractivity contribution in [3.63, 3.8) is 0 Å². The predicted molar refractivity (Wildman–Crippen MR) is 99.7 cm³/mol. The molecule has 0 aliphatic carbocycles. The summed E-state index contributed by atoms with van der Waals surface area (Å²) < 4.78 is 32.2. The zero-order chi connectivity index (χ0) is 18.3. The molecule has 0 aliphatic rings. The van der Waals surface area contributed by atoms with Gasteiger partial charge in [-0.05, 0) is 12.8 Å². The van der Waals surface area contributed by atoms with Crippen molar-refractivity contribution >= 4 is 16.0 Å². The second-order valence-electron chi connectivity index (χ2n) is 6.62. The molecule has 0 heterocycles. The number of hydrogen-bond acceptors (Lipinski definition) is 3. The first-order valence-corrected chi connectivity index (χ1v) is 11.2. The Morgan fingerprint density at radius 3 is 1.79 bits per heavy atom. The molecule has 24 heavy (non-hydrogen) atoms. The van der Waals surface area contributed by atoms with Gasteiger partial charge in [0.05, 0.1) is 0 Å². The SMILES string of the molecule is CCCCCCCCNC(=O)C(CCCCCCCC)S(=O)(=O)O. The van der Waals surface area contributed by atoms with Crippen LogP contribution in [-0.2, 0) is 14.9 Å². The van der Waals surface area contributed by atoms with E-state index in [2.05, 4.69) is 19.2 Å². The number of nitrogens with one attached hydrogen (secondary N) is 1. The number of unbranched alkanes of at least 4 members (excludes halogenated alkanes) is 10. The molecular weight excluding hydrogens is 326 g/mol. The van der Waals surface area contributed by atoms with Gasteiger partial charge in [-0.1, -0.05) is 84.5 Å².